The summed E-state index contributed by atoms with van der Waals surface area (Å²) in [5.41, 5.74) is 1.15. The van der Waals surface area contributed by atoms with Gasteiger partial charge in [-0.2, -0.15) is 0 Å². The molecule has 1 saturated carbocycles. The third-order valence-corrected chi connectivity index (χ3v) is 4.52. The van der Waals surface area contributed by atoms with Crippen molar-refractivity contribution in [3.63, 3.8) is 0 Å². The average Bonchev–Trinajstić information content (AvgIpc) is 2.45. The molecule has 112 valence electrons. The first-order valence-corrected chi connectivity index (χ1v) is 7.88. The van der Waals surface area contributed by atoms with E-state index in [9.17, 15) is 9.59 Å². The van der Waals surface area contributed by atoms with Crippen LogP contribution in [-0.2, 0) is 16.1 Å². The summed E-state index contributed by atoms with van der Waals surface area (Å²) in [6, 6.07) is 10.1. The molecule has 2 amide bonds. The number of amides is 2. The van der Waals surface area contributed by atoms with E-state index >= 15 is 0 Å². The summed E-state index contributed by atoms with van der Waals surface area (Å²) in [6.45, 7) is 0.650. The van der Waals surface area contributed by atoms with Gasteiger partial charge >= 0.3 is 0 Å². The molecule has 4 heteroatoms. The Balaban J connectivity index is 1.72. The zero-order valence-corrected chi connectivity index (χ0v) is 12.3. The molecule has 3 rings (SSSR count). The molecule has 1 aromatic rings. The first-order chi connectivity index (χ1) is 10.2. The van der Waals surface area contributed by atoms with E-state index in [4.69, 9.17) is 0 Å². The fourth-order valence-corrected chi connectivity index (χ4v) is 3.06. The van der Waals surface area contributed by atoms with Gasteiger partial charge in [0, 0.05) is 19.0 Å². The second kappa shape index (κ2) is 6.29. The number of benzene rings is 1. The van der Waals surface area contributed by atoms with E-state index in [2.05, 4.69) is 17.4 Å². The molecule has 0 spiro atoms. The van der Waals surface area contributed by atoms with Crippen molar-refractivity contribution in [1.29, 1.82) is 0 Å². The zero-order valence-electron chi connectivity index (χ0n) is 12.3. The lowest BCUT2D eigenvalue weighted by atomic mass is 9.90. The van der Waals surface area contributed by atoms with Crippen LogP contribution in [0.2, 0.25) is 0 Å². The zero-order chi connectivity index (χ0) is 14.7. The lowest BCUT2D eigenvalue weighted by Crippen LogP contribution is -2.54. The highest BCUT2D eigenvalue weighted by Gasteiger charge is 2.34. The lowest BCUT2D eigenvalue weighted by molar-refractivity contribution is -0.142. The number of nitrogens with one attached hydrogen (secondary N) is 1. The summed E-state index contributed by atoms with van der Waals surface area (Å²) in [6.07, 6.45) is 5.49. The molecule has 1 aliphatic carbocycles. The fraction of sp³-hybridized carbons (Fsp3) is 0.529. The first-order valence-electron chi connectivity index (χ1n) is 7.88. The van der Waals surface area contributed by atoms with Crippen molar-refractivity contribution in [2.75, 3.05) is 0 Å². The maximum atomic E-state index is 12.8. The normalized spacial score (nSPS) is 22.3. The lowest BCUT2D eigenvalue weighted by Gasteiger charge is -2.40. The van der Waals surface area contributed by atoms with Crippen LogP contribution in [0.4, 0.5) is 0 Å². The van der Waals surface area contributed by atoms with Crippen LogP contribution in [0.3, 0.4) is 0 Å². The Morgan fingerprint density at radius 2 is 1.90 bits per heavy atom. The third-order valence-electron chi connectivity index (χ3n) is 4.52. The van der Waals surface area contributed by atoms with Crippen LogP contribution in [-0.4, -0.2) is 28.8 Å². The number of carbonyl (C=O) groups excluding carboxylic acids is 2. The molecule has 4 nitrogen and oxygen atoms in total. The molecule has 2 aliphatic rings. The summed E-state index contributed by atoms with van der Waals surface area (Å²) in [4.78, 5) is 26.3. The van der Waals surface area contributed by atoms with E-state index in [0.29, 0.717) is 19.0 Å². The molecule has 0 unspecified atom stereocenters. The van der Waals surface area contributed by atoms with Crippen molar-refractivity contribution >= 4 is 11.8 Å². The third kappa shape index (κ3) is 3.26. The van der Waals surface area contributed by atoms with E-state index in [0.717, 1.165) is 31.2 Å². The van der Waals surface area contributed by atoms with E-state index in [1.807, 2.05) is 23.1 Å². The minimum atomic E-state index is -0.324. The van der Waals surface area contributed by atoms with Crippen LogP contribution in [0.25, 0.3) is 0 Å². The number of rotatable bonds is 4. The van der Waals surface area contributed by atoms with Gasteiger partial charge in [-0.15, -0.1) is 0 Å². The van der Waals surface area contributed by atoms with E-state index in [1.165, 1.54) is 6.42 Å². The molecule has 1 aromatic carbocycles. The van der Waals surface area contributed by atoms with Crippen LogP contribution in [0.15, 0.2) is 30.3 Å². The summed E-state index contributed by atoms with van der Waals surface area (Å²) >= 11 is 0. The van der Waals surface area contributed by atoms with Gasteiger partial charge in [0.15, 0.2) is 0 Å². The maximum absolute atomic E-state index is 12.8. The van der Waals surface area contributed by atoms with E-state index in [1.54, 1.807) is 0 Å². The monoisotopic (exact) mass is 286 g/mol. The number of nitrogens with zero attached hydrogens (tertiary/aromatic N) is 1. The van der Waals surface area contributed by atoms with Crippen molar-refractivity contribution < 1.29 is 9.59 Å². The minimum absolute atomic E-state index is 0.00729. The van der Waals surface area contributed by atoms with Crippen molar-refractivity contribution in [3.05, 3.63) is 35.9 Å². The predicted octanol–water partition coefficient (Wildman–Crippen LogP) is 2.24. The van der Waals surface area contributed by atoms with Crippen LogP contribution in [0.5, 0.6) is 0 Å². The Morgan fingerprint density at radius 1 is 1.14 bits per heavy atom. The molecule has 1 atom stereocenters. The van der Waals surface area contributed by atoms with Crippen molar-refractivity contribution in [2.24, 2.45) is 0 Å². The van der Waals surface area contributed by atoms with Gasteiger partial charge in [0.25, 0.3) is 0 Å². The maximum Gasteiger partial charge on any atom is 0.245 e. The van der Waals surface area contributed by atoms with Gasteiger partial charge in [-0.1, -0.05) is 30.3 Å². The quantitative estimate of drug-likeness (QED) is 0.923. The Kier molecular flexibility index (Phi) is 4.23. The highest BCUT2D eigenvalue weighted by molar-refractivity contribution is 5.88. The summed E-state index contributed by atoms with van der Waals surface area (Å²) in [5, 5.41) is 2.86. The van der Waals surface area contributed by atoms with Crippen LogP contribution < -0.4 is 5.32 Å². The van der Waals surface area contributed by atoms with Crippen LogP contribution in [0.1, 0.15) is 44.1 Å². The molecule has 1 N–H and O–H groups in total. The number of piperidine rings is 1. The first kappa shape index (κ1) is 14.1. The summed E-state index contributed by atoms with van der Waals surface area (Å²) in [7, 11) is 0. The summed E-state index contributed by atoms with van der Waals surface area (Å²) in [5.74, 6) is 0.101. The number of carbonyl (C=O) groups is 2. The van der Waals surface area contributed by atoms with Gasteiger partial charge in [0.2, 0.25) is 11.8 Å². The molecular formula is C17H22N2O2. The SMILES string of the molecule is O=C1CCC[C@H](C(=O)N(Cc2ccccc2)C2CCC2)N1. The molecule has 2 fully saturated rings. The molecule has 21 heavy (non-hydrogen) atoms. The van der Waals surface area contributed by atoms with Crippen LogP contribution in [0, 0.1) is 0 Å². The standard InChI is InChI=1S/C17H22N2O2/c20-16-11-5-10-15(18-16)17(21)19(14-8-4-9-14)12-13-6-2-1-3-7-13/h1-3,6-7,14-15H,4-5,8-12H2,(H,18,20)/t15-/m1/s1. The second-order valence-corrected chi connectivity index (χ2v) is 6.05. The van der Waals surface area contributed by atoms with Gasteiger partial charge in [-0.3, -0.25) is 9.59 Å². The van der Waals surface area contributed by atoms with Crippen molar-refractivity contribution in [2.45, 2.75) is 57.2 Å². The van der Waals surface area contributed by atoms with Gasteiger partial charge in [0.1, 0.15) is 6.04 Å². The number of hydrogen-bond acceptors (Lipinski definition) is 2. The van der Waals surface area contributed by atoms with Gasteiger partial charge in [-0.25, -0.2) is 0 Å². The van der Waals surface area contributed by atoms with Gasteiger partial charge < -0.3 is 10.2 Å². The van der Waals surface area contributed by atoms with Gasteiger partial charge in [0.05, 0.1) is 0 Å². The number of hydrogen-bond donors (Lipinski definition) is 1. The molecule has 1 aliphatic heterocycles. The molecule has 1 heterocycles. The van der Waals surface area contributed by atoms with Crippen molar-refractivity contribution in [1.82, 2.24) is 10.2 Å². The molecular weight excluding hydrogens is 264 g/mol. The topological polar surface area (TPSA) is 49.4 Å². The molecule has 0 radical (unpaired) electrons. The molecule has 1 saturated heterocycles. The summed E-state index contributed by atoms with van der Waals surface area (Å²) < 4.78 is 0. The minimum Gasteiger partial charge on any atom is -0.344 e. The smallest absolute Gasteiger partial charge is 0.245 e. The molecule has 0 aromatic heterocycles. The van der Waals surface area contributed by atoms with Gasteiger partial charge in [-0.05, 0) is 37.7 Å². The Morgan fingerprint density at radius 3 is 2.52 bits per heavy atom. The van der Waals surface area contributed by atoms with E-state index in [-0.39, 0.29) is 17.9 Å². The Labute approximate surface area is 125 Å². The van der Waals surface area contributed by atoms with Crippen molar-refractivity contribution in [3.8, 4) is 0 Å². The average molecular weight is 286 g/mol. The van der Waals surface area contributed by atoms with Crippen LogP contribution >= 0.6 is 0 Å². The Bertz CT molecular complexity index is 511. The second-order valence-electron chi connectivity index (χ2n) is 6.05. The van der Waals surface area contributed by atoms with E-state index < -0.39 is 0 Å². The molecule has 0 bridgehead atoms. The highest BCUT2D eigenvalue weighted by Crippen LogP contribution is 2.27. The highest BCUT2D eigenvalue weighted by atomic mass is 16.2. The predicted molar refractivity (Wildman–Crippen MR) is 80.4 cm³/mol. The largest absolute Gasteiger partial charge is 0.344 e. The fourth-order valence-electron chi connectivity index (χ4n) is 3.06. The Hall–Kier alpha value is -1.84.